The zero-order chi connectivity index (χ0) is 20.0. The number of amides is 1. The van der Waals surface area contributed by atoms with E-state index in [1.807, 2.05) is 26.8 Å². The number of carbonyl (C=O) groups is 1. The maximum Gasteiger partial charge on any atom is 0.253 e. The van der Waals surface area contributed by atoms with Crippen LogP contribution in [0.1, 0.15) is 63.7 Å². The summed E-state index contributed by atoms with van der Waals surface area (Å²) in [5.41, 5.74) is 1.83. The second-order valence-electron chi connectivity index (χ2n) is 7.80. The molecule has 2 N–H and O–H groups in total. The topological polar surface area (TPSA) is 78.5 Å². The van der Waals surface area contributed by atoms with Gasteiger partial charge in [0, 0.05) is 30.5 Å². The number of unbranched alkanes of at least 4 members (excludes halogenated alkanes) is 1. The van der Waals surface area contributed by atoms with E-state index in [4.69, 9.17) is 0 Å². The fourth-order valence-electron chi connectivity index (χ4n) is 3.21. The highest BCUT2D eigenvalue weighted by Gasteiger charge is 2.22. The van der Waals surface area contributed by atoms with E-state index in [0.717, 1.165) is 38.0 Å². The number of hydrogen-bond acceptors (Lipinski definition) is 4. The maximum atomic E-state index is 12.8. The van der Waals surface area contributed by atoms with Gasteiger partial charge in [-0.25, -0.2) is 8.42 Å². The molecule has 0 atom stereocenters. The van der Waals surface area contributed by atoms with E-state index in [2.05, 4.69) is 21.9 Å². The van der Waals surface area contributed by atoms with Crippen molar-refractivity contribution < 1.29 is 13.2 Å². The Morgan fingerprint density at radius 1 is 1.26 bits per heavy atom. The Balaban J connectivity index is 2.30. The minimum Gasteiger partial charge on any atom is -0.371 e. The Kier molecular flexibility index (Phi) is 7.53. The molecule has 1 fully saturated rings. The highest BCUT2D eigenvalue weighted by atomic mass is 32.2. The van der Waals surface area contributed by atoms with Gasteiger partial charge in [-0.15, -0.1) is 0 Å². The van der Waals surface area contributed by atoms with Crippen LogP contribution in [0.5, 0.6) is 0 Å². The van der Waals surface area contributed by atoms with E-state index in [1.54, 1.807) is 12.1 Å². The molecule has 0 aromatic heterocycles. The number of sulfonamides is 1. The van der Waals surface area contributed by atoms with Gasteiger partial charge in [0.05, 0.1) is 11.3 Å². The van der Waals surface area contributed by atoms with Crippen molar-refractivity contribution in [3.8, 4) is 0 Å². The number of piperidine rings is 1. The molecular weight excluding hydrogens is 362 g/mol. The normalized spacial score (nSPS) is 15.8. The lowest BCUT2D eigenvalue weighted by Crippen LogP contribution is -2.36. The first-order chi connectivity index (χ1) is 12.7. The van der Waals surface area contributed by atoms with Gasteiger partial charge in [-0.3, -0.25) is 9.52 Å². The Morgan fingerprint density at radius 3 is 2.52 bits per heavy atom. The second kappa shape index (κ2) is 9.44. The first-order valence-electron chi connectivity index (χ1n) is 9.92. The van der Waals surface area contributed by atoms with E-state index >= 15 is 0 Å². The lowest BCUT2D eigenvalue weighted by molar-refractivity contribution is 0.0943. The molecule has 0 bridgehead atoms. The van der Waals surface area contributed by atoms with Crippen molar-refractivity contribution in [2.24, 2.45) is 5.92 Å². The molecule has 1 amide bonds. The predicted molar refractivity (Wildman–Crippen MR) is 112 cm³/mol. The van der Waals surface area contributed by atoms with Gasteiger partial charge in [-0.05, 0) is 57.2 Å². The first kappa shape index (κ1) is 21.5. The molecular formula is C20H33N3O3S. The summed E-state index contributed by atoms with van der Waals surface area (Å²) >= 11 is 0. The molecule has 6 nitrogen and oxygen atoms in total. The van der Waals surface area contributed by atoms with Crippen LogP contribution >= 0.6 is 0 Å². The molecule has 1 aromatic carbocycles. The third-order valence-corrected chi connectivity index (χ3v) is 6.20. The summed E-state index contributed by atoms with van der Waals surface area (Å²) < 4.78 is 27.0. The van der Waals surface area contributed by atoms with Crippen molar-refractivity contribution in [1.29, 1.82) is 0 Å². The molecule has 0 unspecified atom stereocenters. The molecule has 0 spiro atoms. The van der Waals surface area contributed by atoms with Crippen molar-refractivity contribution in [2.45, 2.75) is 59.4 Å². The quantitative estimate of drug-likeness (QED) is 0.705. The summed E-state index contributed by atoms with van der Waals surface area (Å²) in [4.78, 5) is 15.0. The Hall–Kier alpha value is -1.76. The number of benzene rings is 1. The van der Waals surface area contributed by atoms with Gasteiger partial charge < -0.3 is 10.2 Å². The van der Waals surface area contributed by atoms with Crippen LogP contribution in [0.15, 0.2) is 18.2 Å². The standard InChI is InChI=1S/C20H33N3O3S/c1-5-6-13-27(25,26)22-17-7-8-19(23-11-9-16(4)10-12-23)18(14-17)20(24)21-15(2)3/h7-8,14-16,22H,5-6,9-13H2,1-4H3,(H,21,24). The number of anilines is 2. The molecule has 27 heavy (non-hydrogen) atoms. The SMILES string of the molecule is CCCCS(=O)(=O)Nc1ccc(N2CCC(C)CC2)c(C(=O)NC(C)C)c1. The van der Waals surface area contributed by atoms with Crippen LogP contribution in [0.25, 0.3) is 0 Å². The summed E-state index contributed by atoms with van der Waals surface area (Å²) in [5, 5.41) is 2.93. The molecule has 152 valence electrons. The van der Waals surface area contributed by atoms with Gasteiger partial charge >= 0.3 is 0 Å². The molecule has 1 aliphatic heterocycles. The Morgan fingerprint density at radius 2 is 1.93 bits per heavy atom. The first-order valence-corrected chi connectivity index (χ1v) is 11.6. The van der Waals surface area contributed by atoms with Gasteiger partial charge in [0.2, 0.25) is 10.0 Å². The fraction of sp³-hybridized carbons (Fsp3) is 0.650. The van der Waals surface area contributed by atoms with Crippen LogP contribution in [-0.2, 0) is 10.0 Å². The maximum absolute atomic E-state index is 12.8. The van der Waals surface area contributed by atoms with Crippen LogP contribution < -0.4 is 14.9 Å². The molecule has 0 radical (unpaired) electrons. The summed E-state index contributed by atoms with van der Waals surface area (Å²) in [6, 6.07) is 5.29. The van der Waals surface area contributed by atoms with Crippen LogP contribution in [0, 0.1) is 5.92 Å². The van der Waals surface area contributed by atoms with Crippen LogP contribution in [0.3, 0.4) is 0 Å². The van der Waals surface area contributed by atoms with Crippen LogP contribution in [0.4, 0.5) is 11.4 Å². The Labute approximate surface area is 163 Å². The fourth-order valence-corrected chi connectivity index (χ4v) is 4.47. The van der Waals surface area contributed by atoms with Crippen LogP contribution in [0.2, 0.25) is 0 Å². The summed E-state index contributed by atoms with van der Waals surface area (Å²) in [6.07, 6.45) is 3.61. The average molecular weight is 396 g/mol. The van der Waals surface area contributed by atoms with Crippen molar-refractivity contribution in [3.05, 3.63) is 23.8 Å². The Bertz CT molecular complexity index is 739. The molecule has 0 saturated carbocycles. The molecule has 1 heterocycles. The van der Waals surface area contributed by atoms with Gasteiger partial charge in [-0.1, -0.05) is 20.3 Å². The lowest BCUT2D eigenvalue weighted by atomic mass is 9.98. The largest absolute Gasteiger partial charge is 0.371 e. The molecule has 1 aromatic rings. The minimum atomic E-state index is -3.40. The van der Waals surface area contributed by atoms with E-state index in [1.165, 1.54) is 0 Å². The van der Waals surface area contributed by atoms with Gasteiger partial charge in [0.1, 0.15) is 0 Å². The predicted octanol–water partition coefficient (Wildman–Crippen LogP) is 3.60. The van der Waals surface area contributed by atoms with Crippen molar-refractivity contribution in [2.75, 3.05) is 28.5 Å². The molecule has 1 saturated heterocycles. The number of carbonyl (C=O) groups excluding carboxylic acids is 1. The van der Waals surface area contributed by atoms with Gasteiger partial charge in [-0.2, -0.15) is 0 Å². The number of rotatable bonds is 8. The van der Waals surface area contributed by atoms with Crippen molar-refractivity contribution >= 4 is 27.3 Å². The minimum absolute atomic E-state index is 0.0108. The third-order valence-electron chi connectivity index (χ3n) is 4.83. The molecule has 2 rings (SSSR count). The van der Waals surface area contributed by atoms with Crippen molar-refractivity contribution in [3.63, 3.8) is 0 Å². The molecule has 1 aliphatic rings. The summed E-state index contributed by atoms with van der Waals surface area (Å²) in [6.45, 7) is 9.85. The summed E-state index contributed by atoms with van der Waals surface area (Å²) in [5.74, 6) is 0.607. The molecule has 0 aliphatic carbocycles. The number of nitrogens with zero attached hydrogens (tertiary/aromatic N) is 1. The van der Waals surface area contributed by atoms with E-state index in [0.29, 0.717) is 23.6 Å². The number of hydrogen-bond donors (Lipinski definition) is 2. The van der Waals surface area contributed by atoms with Gasteiger partial charge in [0.15, 0.2) is 0 Å². The van der Waals surface area contributed by atoms with Crippen molar-refractivity contribution in [1.82, 2.24) is 5.32 Å². The van der Waals surface area contributed by atoms with Gasteiger partial charge in [0.25, 0.3) is 5.91 Å². The zero-order valence-corrected chi connectivity index (χ0v) is 17.7. The lowest BCUT2D eigenvalue weighted by Gasteiger charge is -2.33. The summed E-state index contributed by atoms with van der Waals surface area (Å²) in [7, 11) is -3.40. The average Bonchev–Trinajstić information content (AvgIpc) is 2.60. The smallest absolute Gasteiger partial charge is 0.253 e. The highest BCUT2D eigenvalue weighted by Crippen LogP contribution is 2.29. The third kappa shape index (κ3) is 6.41. The molecule has 7 heteroatoms. The van der Waals surface area contributed by atoms with Crippen LogP contribution in [-0.4, -0.2) is 39.2 Å². The van der Waals surface area contributed by atoms with E-state index < -0.39 is 10.0 Å². The van der Waals surface area contributed by atoms with E-state index in [9.17, 15) is 13.2 Å². The van der Waals surface area contributed by atoms with E-state index in [-0.39, 0.29) is 17.7 Å². The number of nitrogens with one attached hydrogen (secondary N) is 2. The monoisotopic (exact) mass is 395 g/mol. The highest BCUT2D eigenvalue weighted by molar-refractivity contribution is 7.92. The second-order valence-corrected chi connectivity index (χ2v) is 9.65. The zero-order valence-electron chi connectivity index (χ0n) is 16.9.